The van der Waals surface area contributed by atoms with Crippen molar-refractivity contribution in [2.24, 2.45) is 0 Å². The number of aromatic nitrogens is 2. The molecular weight excluding hydrogens is 462 g/mol. The number of thiazole rings is 1. The van der Waals surface area contributed by atoms with Gasteiger partial charge in [-0.3, -0.25) is 9.29 Å². The van der Waals surface area contributed by atoms with Crippen molar-refractivity contribution in [2.45, 2.75) is 32.9 Å². The lowest BCUT2D eigenvalue weighted by atomic mass is 10.2. The molecule has 0 saturated heterocycles. The number of esters is 1. The highest BCUT2D eigenvalue weighted by Crippen LogP contribution is 2.32. The number of hydrogen-bond donors (Lipinski definition) is 0. The Balaban J connectivity index is 2.01. The number of anilines is 1. The number of hydrogen-bond acceptors (Lipinski definition) is 8. The summed E-state index contributed by atoms with van der Waals surface area (Å²) in [6, 6.07) is 10.5. The van der Waals surface area contributed by atoms with Crippen LogP contribution in [0.25, 0.3) is 6.08 Å². The molecule has 2 heterocycles. The van der Waals surface area contributed by atoms with E-state index < -0.39 is 21.6 Å². The highest BCUT2D eigenvalue weighted by atomic mass is 32.2. The minimum atomic E-state index is -4.00. The molecule has 3 rings (SSSR count). The summed E-state index contributed by atoms with van der Waals surface area (Å²) in [7, 11) is -2.45. The monoisotopic (exact) mass is 487 g/mol. The third-order valence-electron chi connectivity index (χ3n) is 4.28. The Labute approximate surface area is 197 Å². The smallest absolute Gasteiger partial charge is 0.360 e. The second kappa shape index (κ2) is 10.1. The van der Waals surface area contributed by atoms with Gasteiger partial charge in [0, 0.05) is 12.4 Å². The summed E-state index contributed by atoms with van der Waals surface area (Å²) in [6.45, 7) is 5.19. The quantitative estimate of drug-likeness (QED) is 0.431. The maximum Gasteiger partial charge on any atom is 0.360 e. The first-order valence-electron chi connectivity index (χ1n) is 10.00. The molecule has 0 radical (unpaired) electrons. The average Bonchev–Trinajstić information content (AvgIpc) is 3.25. The van der Waals surface area contributed by atoms with Gasteiger partial charge in [-0.2, -0.15) is 0 Å². The van der Waals surface area contributed by atoms with E-state index in [2.05, 4.69) is 9.97 Å². The molecule has 0 unspecified atom stereocenters. The van der Waals surface area contributed by atoms with Crippen molar-refractivity contribution in [2.75, 3.05) is 11.4 Å². The van der Waals surface area contributed by atoms with Crippen LogP contribution in [-0.4, -0.2) is 37.1 Å². The second-order valence-electron chi connectivity index (χ2n) is 8.00. The van der Waals surface area contributed by atoms with Gasteiger partial charge in [0.1, 0.15) is 16.4 Å². The fraction of sp³-hybridized carbons (Fsp3) is 0.261. The third kappa shape index (κ3) is 6.62. The van der Waals surface area contributed by atoms with Gasteiger partial charge in [-0.1, -0.05) is 18.2 Å². The van der Waals surface area contributed by atoms with Crippen molar-refractivity contribution in [3.63, 3.8) is 0 Å². The zero-order chi connectivity index (χ0) is 24.1. The third-order valence-corrected chi connectivity index (χ3v) is 6.65. The van der Waals surface area contributed by atoms with Gasteiger partial charge in [-0.25, -0.2) is 18.2 Å². The summed E-state index contributed by atoms with van der Waals surface area (Å²) < 4.78 is 38.6. The average molecular weight is 488 g/mol. The number of carbonyl (C=O) groups is 1. The predicted molar refractivity (Wildman–Crippen MR) is 129 cm³/mol. The molecule has 1 aromatic carbocycles. The van der Waals surface area contributed by atoms with Crippen molar-refractivity contribution in [3.05, 3.63) is 76.5 Å². The van der Waals surface area contributed by atoms with Gasteiger partial charge >= 0.3 is 5.97 Å². The molecule has 174 valence electrons. The Morgan fingerprint density at radius 2 is 1.91 bits per heavy atom. The molecule has 3 aromatic rings. The number of methoxy groups -OCH3 is 1. The van der Waals surface area contributed by atoms with Crippen molar-refractivity contribution in [1.29, 1.82) is 0 Å². The van der Waals surface area contributed by atoms with Crippen LogP contribution < -0.4 is 9.04 Å². The minimum absolute atomic E-state index is 0.0122. The Morgan fingerprint density at radius 3 is 2.52 bits per heavy atom. The summed E-state index contributed by atoms with van der Waals surface area (Å²) >= 11 is 1.05. The number of rotatable bonds is 8. The molecule has 0 fully saturated rings. The van der Waals surface area contributed by atoms with E-state index in [0.717, 1.165) is 21.1 Å². The SMILES string of the molecule is COc1ccc(CN(c2scnc2C(=O)OC(C)(C)C)S(=O)(=O)/C=C/c2cccnc2)cc1. The molecule has 33 heavy (non-hydrogen) atoms. The summed E-state index contributed by atoms with van der Waals surface area (Å²) in [4.78, 5) is 20.8. The lowest BCUT2D eigenvalue weighted by Crippen LogP contribution is -2.31. The summed E-state index contributed by atoms with van der Waals surface area (Å²) in [5, 5.41) is 1.27. The normalized spacial score (nSPS) is 12.0. The lowest BCUT2D eigenvalue weighted by molar-refractivity contribution is 0.00646. The first-order valence-corrected chi connectivity index (χ1v) is 12.4. The molecule has 0 atom stereocenters. The molecule has 2 aromatic heterocycles. The molecular formula is C23H25N3O5S2. The fourth-order valence-electron chi connectivity index (χ4n) is 2.77. The van der Waals surface area contributed by atoms with Gasteiger partial charge in [0.25, 0.3) is 10.0 Å². The summed E-state index contributed by atoms with van der Waals surface area (Å²) in [5.41, 5.74) is 1.95. The molecule has 0 spiro atoms. The van der Waals surface area contributed by atoms with Crippen LogP contribution in [0.4, 0.5) is 5.00 Å². The molecule has 10 heteroatoms. The fourth-order valence-corrected chi connectivity index (χ4v) is 5.02. The van der Waals surface area contributed by atoms with Gasteiger partial charge < -0.3 is 9.47 Å². The van der Waals surface area contributed by atoms with Crippen molar-refractivity contribution < 1.29 is 22.7 Å². The van der Waals surface area contributed by atoms with E-state index in [1.165, 1.54) is 11.6 Å². The van der Waals surface area contributed by atoms with Crippen LogP contribution in [0.2, 0.25) is 0 Å². The maximum absolute atomic E-state index is 13.4. The first-order chi connectivity index (χ1) is 15.6. The lowest BCUT2D eigenvalue weighted by Gasteiger charge is -2.23. The van der Waals surface area contributed by atoms with E-state index in [1.54, 1.807) is 76.7 Å². The van der Waals surface area contributed by atoms with Gasteiger partial charge in [0.05, 0.1) is 24.6 Å². The Morgan fingerprint density at radius 1 is 1.18 bits per heavy atom. The topological polar surface area (TPSA) is 98.7 Å². The maximum atomic E-state index is 13.4. The zero-order valence-corrected chi connectivity index (χ0v) is 20.4. The molecule has 0 bridgehead atoms. The molecule has 8 nitrogen and oxygen atoms in total. The summed E-state index contributed by atoms with van der Waals surface area (Å²) in [5.74, 6) is -0.0400. The number of pyridine rings is 1. The van der Waals surface area contributed by atoms with Gasteiger partial charge in [-0.15, -0.1) is 11.3 Å². The standard InChI is InChI=1S/C23H25N3O5S2/c1-23(2,3)31-22(27)20-21(32-16-25-20)26(15-18-7-9-19(30-4)10-8-18)33(28,29)13-11-17-6-5-12-24-14-17/h5-14,16H,15H2,1-4H3/b13-11+. The zero-order valence-electron chi connectivity index (χ0n) is 18.8. The second-order valence-corrected chi connectivity index (χ2v) is 10.6. The molecule has 0 amide bonds. The predicted octanol–water partition coefficient (Wildman–Crippen LogP) is 4.51. The summed E-state index contributed by atoms with van der Waals surface area (Å²) in [6.07, 6.45) is 4.61. The Kier molecular flexibility index (Phi) is 7.50. The van der Waals surface area contributed by atoms with Crippen LogP contribution in [0, 0.1) is 0 Å². The Hall–Kier alpha value is -3.24. The molecule has 0 saturated carbocycles. The van der Waals surface area contributed by atoms with Crippen LogP contribution in [0.5, 0.6) is 5.75 Å². The van der Waals surface area contributed by atoms with Crippen LogP contribution in [0.15, 0.2) is 59.7 Å². The molecule has 0 aliphatic rings. The highest BCUT2D eigenvalue weighted by molar-refractivity contribution is 7.95. The number of carbonyl (C=O) groups excluding carboxylic acids is 1. The van der Waals surface area contributed by atoms with Crippen LogP contribution in [0.1, 0.15) is 42.4 Å². The highest BCUT2D eigenvalue weighted by Gasteiger charge is 2.30. The van der Waals surface area contributed by atoms with E-state index in [-0.39, 0.29) is 17.2 Å². The van der Waals surface area contributed by atoms with Crippen molar-refractivity contribution in [1.82, 2.24) is 9.97 Å². The van der Waals surface area contributed by atoms with Crippen molar-refractivity contribution >= 4 is 38.4 Å². The number of benzene rings is 1. The van der Waals surface area contributed by atoms with E-state index in [4.69, 9.17) is 9.47 Å². The molecule has 0 aliphatic carbocycles. The number of sulfonamides is 1. The van der Waals surface area contributed by atoms with Gasteiger partial charge in [0.15, 0.2) is 5.69 Å². The van der Waals surface area contributed by atoms with Crippen LogP contribution in [-0.2, 0) is 21.3 Å². The number of nitrogens with zero attached hydrogens (tertiary/aromatic N) is 3. The van der Waals surface area contributed by atoms with E-state index >= 15 is 0 Å². The van der Waals surface area contributed by atoms with E-state index in [9.17, 15) is 13.2 Å². The van der Waals surface area contributed by atoms with E-state index in [1.807, 2.05) is 0 Å². The molecule has 0 aliphatic heterocycles. The minimum Gasteiger partial charge on any atom is -0.497 e. The number of ether oxygens (including phenoxy) is 2. The van der Waals surface area contributed by atoms with Crippen molar-refractivity contribution in [3.8, 4) is 5.75 Å². The van der Waals surface area contributed by atoms with Gasteiger partial charge in [-0.05, 0) is 56.2 Å². The molecule has 0 N–H and O–H groups in total. The van der Waals surface area contributed by atoms with Crippen LogP contribution in [0.3, 0.4) is 0 Å². The Bertz CT molecular complexity index is 1210. The largest absolute Gasteiger partial charge is 0.497 e. The van der Waals surface area contributed by atoms with Gasteiger partial charge in [0.2, 0.25) is 0 Å². The first kappa shape index (κ1) is 24.4. The van der Waals surface area contributed by atoms with Crippen LogP contribution >= 0.6 is 11.3 Å². The van der Waals surface area contributed by atoms with E-state index in [0.29, 0.717) is 16.9 Å².